The van der Waals surface area contributed by atoms with Gasteiger partial charge >= 0.3 is 5.97 Å². The van der Waals surface area contributed by atoms with Crippen LogP contribution in [0, 0.1) is 5.41 Å². The monoisotopic (exact) mass is 688 g/mol. The van der Waals surface area contributed by atoms with E-state index in [-0.39, 0.29) is 17.5 Å². The largest absolute Gasteiger partial charge is 0.489 e. The number of ether oxygens (including phenoxy) is 3. The van der Waals surface area contributed by atoms with Gasteiger partial charge in [-0.3, -0.25) is 14.7 Å². The number of pyridine rings is 1. The van der Waals surface area contributed by atoms with Gasteiger partial charge in [0.25, 0.3) is 0 Å². The van der Waals surface area contributed by atoms with Crippen molar-refractivity contribution < 1.29 is 19.0 Å². The molecule has 0 radical (unpaired) electrons. The number of benzene rings is 2. The second-order valence-corrected chi connectivity index (χ2v) is 14.5. The second kappa shape index (κ2) is 13.5. The molecular formula is C37H45BrN4O4. The van der Waals surface area contributed by atoms with Crippen molar-refractivity contribution in [1.29, 1.82) is 0 Å². The van der Waals surface area contributed by atoms with Crippen molar-refractivity contribution in [1.82, 2.24) is 19.4 Å². The molecule has 0 N–H and O–H groups in total. The van der Waals surface area contributed by atoms with Crippen LogP contribution in [0.3, 0.4) is 0 Å². The van der Waals surface area contributed by atoms with Crippen LogP contribution in [0.25, 0.3) is 33.3 Å². The van der Waals surface area contributed by atoms with Crippen molar-refractivity contribution in [2.45, 2.75) is 53.3 Å². The van der Waals surface area contributed by atoms with Gasteiger partial charge in [-0.2, -0.15) is 0 Å². The highest BCUT2D eigenvalue weighted by molar-refractivity contribution is 9.10. The van der Waals surface area contributed by atoms with E-state index in [1.165, 1.54) is 18.1 Å². The maximum absolute atomic E-state index is 11.8. The highest BCUT2D eigenvalue weighted by Crippen LogP contribution is 2.46. The minimum absolute atomic E-state index is 0.214. The molecule has 0 saturated carbocycles. The zero-order valence-corrected chi connectivity index (χ0v) is 29.4. The average molecular weight is 690 g/mol. The molecule has 4 heterocycles. The zero-order chi connectivity index (χ0) is 32.6. The predicted octanol–water partition coefficient (Wildman–Crippen LogP) is 7.11. The van der Waals surface area contributed by atoms with Crippen LogP contribution in [0.5, 0.6) is 5.75 Å². The lowest BCUT2D eigenvalue weighted by molar-refractivity contribution is -0.143. The third-order valence-corrected chi connectivity index (χ3v) is 9.74. The number of hydrogen-bond donors (Lipinski definition) is 0. The number of aromatic nitrogens is 2. The summed E-state index contributed by atoms with van der Waals surface area (Å²) >= 11 is 3.74. The summed E-state index contributed by atoms with van der Waals surface area (Å²) < 4.78 is 21.0. The summed E-state index contributed by atoms with van der Waals surface area (Å²) in [6, 6.07) is 15.4. The van der Waals surface area contributed by atoms with E-state index in [0.29, 0.717) is 19.6 Å². The quantitative estimate of drug-likeness (QED) is 0.165. The van der Waals surface area contributed by atoms with Crippen LogP contribution in [0.15, 0.2) is 53.1 Å². The highest BCUT2D eigenvalue weighted by Gasteiger charge is 2.31. The van der Waals surface area contributed by atoms with E-state index in [4.69, 9.17) is 19.2 Å². The first-order chi connectivity index (χ1) is 22.0. The zero-order valence-electron chi connectivity index (χ0n) is 27.9. The number of nitrogens with zero attached hydrogens (tertiary/aromatic N) is 4. The van der Waals surface area contributed by atoms with Gasteiger partial charge < -0.3 is 23.7 Å². The highest BCUT2D eigenvalue weighted by atomic mass is 79.9. The van der Waals surface area contributed by atoms with Gasteiger partial charge in [0.1, 0.15) is 12.4 Å². The van der Waals surface area contributed by atoms with E-state index in [1.54, 1.807) is 7.11 Å². The molecule has 244 valence electrons. The fourth-order valence-electron chi connectivity index (χ4n) is 6.70. The Morgan fingerprint density at radius 3 is 2.50 bits per heavy atom. The Kier molecular flexibility index (Phi) is 9.57. The number of hydrogen-bond acceptors (Lipinski definition) is 7. The van der Waals surface area contributed by atoms with E-state index < -0.39 is 0 Å². The summed E-state index contributed by atoms with van der Waals surface area (Å²) in [6.45, 7) is 14.8. The first kappa shape index (κ1) is 32.7. The van der Waals surface area contributed by atoms with Crippen LogP contribution in [-0.4, -0.2) is 78.9 Å². The molecule has 6 rings (SSSR count). The molecule has 8 nitrogen and oxygen atoms in total. The van der Waals surface area contributed by atoms with Gasteiger partial charge in [-0.1, -0.05) is 54.0 Å². The topological polar surface area (TPSA) is 69.1 Å². The fraction of sp³-hybridized carbons (Fsp3) is 0.459. The van der Waals surface area contributed by atoms with Crippen LogP contribution in [-0.2, 0) is 33.8 Å². The maximum atomic E-state index is 11.8. The third kappa shape index (κ3) is 6.88. The summed E-state index contributed by atoms with van der Waals surface area (Å²) in [6.07, 6.45) is 2.45. The third-order valence-electron chi connectivity index (χ3n) is 9.29. The summed E-state index contributed by atoms with van der Waals surface area (Å²) in [5, 5.41) is 1.13. The van der Waals surface area contributed by atoms with Crippen molar-refractivity contribution in [2.75, 3.05) is 53.6 Å². The molecule has 2 aromatic carbocycles. The summed E-state index contributed by atoms with van der Waals surface area (Å²) in [7, 11) is 3.92. The first-order valence-electron chi connectivity index (χ1n) is 16.2. The number of esters is 1. The fourth-order valence-corrected chi connectivity index (χ4v) is 7.14. The Morgan fingerprint density at radius 1 is 1.07 bits per heavy atom. The van der Waals surface area contributed by atoms with E-state index >= 15 is 0 Å². The lowest BCUT2D eigenvalue weighted by Gasteiger charge is -2.32. The number of carbonyl (C=O) groups is 1. The van der Waals surface area contributed by atoms with Crippen LogP contribution < -0.4 is 4.74 Å². The van der Waals surface area contributed by atoms with Crippen molar-refractivity contribution in [3.05, 3.63) is 70.0 Å². The van der Waals surface area contributed by atoms with Gasteiger partial charge in [0.2, 0.25) is 0 Å². The average Bonchev–Trinajstić information content (AvgIpc) is 3.33. The molecule has 0 bridgehead atoms. The van der Waals surface area contributed by atoms with Crippen LogP contribution in [0.4, 0.5) is 0 Å². The lowest BCUT2D eigenvalue weighted by Crippen LogP contribution is -2.43. The van der Waals surface area contributed by atoms with Crippen LogP contribution in [0.1, 0.15) is 50.6 Å². The molecule has 2 aromatic heterocycles. The SMILES string of the molecule is CO[C@@H](C)c1ncc(-c2ccc(CN3CCN(C)CC3)cc2)cc1-c1c(CC(C)(C)COC(C)=O)c2cc(Br)cc3c2n1CCO3. The minimum atomic E-state index is -0.311. The first-order valence-corrected chi connectivity index (χ1v) is 17.0. The van der Waals surface area contributed by atoms with Crippen molar-refractivity contribution in [3.63, 3.8) is 0 Å². The maximum Gasteiger partial charge on any atom is 0.302 e. The van der Waals surface area contributed by atoms with Crippen LogP contribution in [0.2, 0.25) is 0 Å². The molecule has 1 saturated heterocycles. The number of likely N-dealkylation sites (N-methyl/N-ethyl adjacent to an activating group) is 1. The summed E-state index contributed by atoms with van der Waals surface area (Å²) in [5.74, 6) is 0.594. The number of piperazine rings is 1. The van der Waals surface area contributed by atoms with E-state index in [2.05, 4.69) is 87.6 Å². The predicted molar refractivity (Wildman–Crippen MR) is 186 cm³/mol. The Labute approximate surface area is 280 Å². The van der Waals surface area contributed by atoms with E-state index in [0.717, 1.165) is 88.5 Å². The van der Waals surface area contributed by atoms with Gasteiger partial charge in [0.15, 0.2) is 0 Å². The Bertz CT molecular complexity index is 1720. The Hall–Kier alpha value is -3.24. The standard InChI is InChI=1S/C37H45BrN4O4/c1-24(44-6)34-31(17-28(21-39-34)27-9-7-26(8-10-27)22-41-13-11-40(5)12-14-41)35-32(20-37(3,4)23-46-25(2)43)30-18-29(38)19-33-36(30)42(35)15-16-45-33/h7-10,17-19,21,24H,11-16,20,22-23H2,1-6H3/t24-/m0/s1. The molecule has 0 unspecified atom stereocenters. The summed E-state index contributed by atoms with van der Waals surface area (Å²) in [5.41, 5.74) is 8.53. The van der Waals surface area contributed by atoms with Crippen molar-refractivity contribution in [3.8, 4) is 28.1 Å². The Balaban J connectivity index is 1.46. The van der Waals surface area contributed by atoms with Gasteiger partial charge in [-0.15, -0.1) is 0 Å². The van der Waals surface area contributed by atoms with E-state index in [9.17, 15) is 4.79 Å². The molecule has 2 aliphatic heterocycles. The van der Waals surface area contributed by atoms with Gasteiger partial charge in [0, 0.05) is 79.4 Å². The molecule has 1 fully saturated rings. The van der Waals surface area contributed by atoms with Gasteiger partial charge in [-0.05, 0) is 55.3 Å². The number of rotatable bonds is 10. The van der Waals surface area contributed by atoms with Crippen LogP contribution >= 0.6 is 15.9 Å². The number of methoxy groups -OCH3 is 1. The Morgan fingerprint density at radius 2 is 1.80 bits per heavy atom. The van der Waals surface area contributed by atoms with Gasteiger partial charge in [-0.25, -0.2) is 0 Å². The van der Waals surface area contributed by atoms with E-state index in [1.807, 2.05) is 19.2 Å². The second-order valence-electron chi connectivity index (χ2n) is 13.6. The van der Waals surface area contributed by atoms with Crippen molar-refractivity contribution >= 4 is 32.8 Å². The molecule has 0 spiro atoms. The minimum Gasteiger partial charge on any atom is -0.489 e. The smallest absolute Gasteiger partial charge is 0.302 e. The molecule has 1 atom stereocenters. The molecule has 0 aliphatic carbocycles. The molecule has 2 aliphatic rings. The van der Waals surface area contributed by atoms with Gasteiger partial charge in [0.05, 0.1) is 36.2 Å². The number of halogens is 1. The molecule has 4 aromatic rings. The van der Waals surface area contributed by atoms with Crippen molar-refractivity contribution in [2.24, 2.45) is 5.41 Å². The molecule has 46 heavy (non-hydrogen) atoms. The number of carbonyl (C=O) groups excluding carboxylic acids is 1. The lowest BCUT2D eigenvalue weighted by atomic mass is 9.84. The molecule has 0 amide bonds. The summed E-state index contributed by atoms with van der Waals surface area (Å²) in [4.78, 5) is 21.8. The molecular weight excluding hydrogens is 644 g/mol. The molecule has 9 heteroatoms. The normalized spacial score (nSPS) is 16.4.